The van der Waals surface area contributed by atoms with Gasteiger partial charge in [-0.15, -0.1) is 4.91 Å². The van der Waals surface area contributed by atoms with E-state index in [0.29, 0.717) is 6.42 Å². The zero-order chi connectivity index (χ0) is 11.1. The molecule has 0 aliphatic rings. The first-order valence-electron chi connectivity index (χ1n) is 4.73. The zero-order valence-electron chi connectivity index (χ0n) is 8.59. The maximum absolute atomic E-state index is 10.4. The molecule has 5 heteroatoms. The van der Waals surface area contributed by atoms with Crippen molar-refractivity contribution in [3.63, 3.8) is 0 Å². The Morgan fingerprint density at radius 2 is 2.40 bits per heavy atom. The zero-order valence-corrected chi connectivity index (χ0v) is 8.59. The lowest BCUT2D eigenvalue weighted by atomic mass is 10.1. The van der Waals surface area contributed by atoms with Crippen LogP contribution < -0.4 is 5.01 Å². The van der Waals surface area contributed by atoms with Gasteiger partial charge in [0.1, 0.15) is 6.29 Å². The highest BCUT2D eigenvalue weighted by Crippen LogP contribution is 2.19. The number of unbranched alkanes of at least 4 members (excludes halogenated alkanes) is 1. The fourth-order valence-corrected chi connectivity index (χ4v) is 1.35. The van der Waals surface area contributed by atoms with Gasteiger partial charge in [0.25, 0.3) is 0 Å². The summed E-state index contributed by atoms with van der Waals surface area (Å²) in [6.45, 7) is 0. The highest BCUT2D eigenvalue weighted by atomic mass is 16.3. The van der Waals surface area contributed by atoms with Gasteiger partial charge in [0, 0.05) is 25.9 Å². The molecule has 0 aliphatic heterocycles. The molecule has 0 aromatic carbocycles. The predicted molar refractivity (Wildman–Crippen MR) is 57.4 cm³/mol. The van der Waals surface area contributed by atoms with Crippen LogP contribution in [0, 0.1) is 4.91 Å². The summed E-state index contributed by atoms with van der Waals surface area (Å²) >= 11 is 0. The van der Waals surface area contributed by atoms with Crippen molar-refractivity contribution in [2.24, 2.45) is 5.29 Å². The Morgan fingerprint density at radius 1 is 1.60 bits per heavy atom. The quantitative estimate of drug-likeness (QED) is 0.308. The number of carbonyl (C=O) groups excluding carboxylic acids is 1. The molecule has 0 atom stereocenters. The number of aryl methyl sites for hydroxylation is 1. The van der Waals surface area contributed by atoms with E-state index in [1.165, 1.54) is 5.01 Å². The van der Waals surface area contributed by atoms with Crippen molar-refractivity contribution in [2.75, 3.05) is 12.1 Å². The monoisotopic (exact) mass is 207 g/mol. The molecule has 0 radical (unpaired) electrons. The van der Waals surface area contributed by atoms with Crippen LogP contribution in [-0.2, 0) is 11.2 Å². The summed E-state index contributed by atoms with van der Waals surface area (Å²) in [5, 5.41) is 4.10. The summed E-state index contributed by atoms with van der Waals surface area (Å²) in [6, 6.07) is 1.73. The van der Waals surface area contributed by atoms with Gasteiger partial charge in [-0.3, -0.25) is 4.98 Å². The molecule has 1 heterocycles. The SMILES string of the molecule is CN(N=O)c1ccncc1CCCC=O. The number of rotatable bonds is 6. The summed E-state index contributed by atoms with van der Waals surface area (Å²) < 4.78 is 0. The van der Waals surface area contributed by atoms with Crippen LogP contribution >= 0.6 is 0 Å². The lowest BCUT2D eigenvalue weighted by molar-refractivity contribution is -0.107. The molecule has 5 nitrogen and oxygen atoms in total. The molecule has 0 amide bonds. The number of hydrogen-bond acceptors (Lipinski definition) is 4. The van der Waals surface area contributed by atoms with Crippen molar-refractivity contribution < 1.29 is 4.79 Å². The van der Waals surface area contributed by atoms with E-state index in [-0.39, 0.29) is 0 Å². The number of hydrogen-bond donors (Lipinski definition) is 0. The summed E-state index contributed by atoms with van der Waals surface area (Å²) in [7, 11) is 1.59. The van der Waals surface area contributed by atoms with Gasteiger partial charge in [0.05, 0.1) is 11.0 Å². The molecule has 0 aliphatic carbocycles. The first kappa shape index (κ1) is 11.3. The van der Waals surface area contributed by atoms with Gasteiger partial charge >= 0.3 is 0 Å². The number of nitroso groups, excluding NO2 is 1. The molecule has 0 saturated heterocycles. The van der Waals surface area contributed by atoms with E-state index in [1.54, 1.807) is 25.5 Å². The highest BCUT2D eigenvalue weighted by Gasteiger charge is 2.06. The van der Waals surface area contributed by atoms with Crippen molar-refractivity contribution in [3.05, 3.63) is 28.9 Å². The third-order valence-corrected chi connectivity index (χ3v) is 2.12. The van der Waals surface area contributed by atoms with Gasteiger partial charge in [-0.05, 0) is 24.5 Å². The van der Waals surface area contributed by atoms with E-state index in [0.717, 1.165) is 30.4 Å². The second-order valence-corrected chi connectivity index (χ2v) is 3.17. The molecular weight excluding hydrogens is 194 g/mol. The van der Waals surface area contributed by atoms with Gasteiger partial charge in [0.2, 0.25) is 0 Å². The average molecular weight is 207 g/mol. The molecule has 0 bridgehead atoms. The van der Waals surface area contributed by atoms with Crippen LogP contribution in [0.1, 0.15) is 18.4 Å². The molecule has 0 saturated carbocycles. The molecule has 0 spiro atoms. The molecule has 0 fully saturated rings. The third kappa shape index (κ3) is 3.12. The van der Waals surface area contributed by atoms with Crippen molar-refractivity contribution in [2.45, 2.75) is 19.3 Å². The predicted octanol–water partition coefficient (Wildman–Crippen LogP) is 1.72. The number of aromatic nitrogens is 1. The lowest BCUT2D eigenvalue weighted by Gasteiger charge is -2.12. The molecule has 0 unspecified atom stereocenters. The first-order valence-corrected chi connectivity index (χ1v) is 4.73. The Labute approximate surface area is 88.1 Å². The Morgan fingerprint density at radius 3 is 3.07 bits per heavy atom. The molecule has 15 heavy (non-hydrogen) atoms. The molecule has 1 aromatic rings. The summed E-state index contributed by atoms with van der Waals surface area (Å²) in [4.78, 5) is 24.5. The topological polar surface area (TPSA) is 62.6 Å². The highest BCUT2D eigenvalue weighted by molar-refractivity contribution is 5.52. The minimum Gasteiger partial charge on any atom is -0.303 e. The van der Waals surface area contributed by atoms with E-state index in [4.69, 9.17) is 0 Å². The van der Waals surface area contributed by atoms with Gasteiger partial charge in [0.15, 0.2) is 0 Å². The van der Waals surface area contributed by atoms with Gasteiger partial charge < -0.3 is 4.79 Å². The van der Waals surface area contributed by atoms with Crippen molar-refractivity contribution in [1.82, 2.24) is 4.98 Å². The summed E-state index contributed by atoms with van der Waals surface area (Å²) in [6.07, 6.45) is 6.20. The normalized spacial score (nSPS) is 9.67. The molecule has 80 valence electrons. The van der Waals surface area contributed by atoms with E-state index in [9.17, 15) is 9.70 Å². The molecule has 1 aromatic heterocycles. The van der Waals surface area contributed by atoms with Crippen LogP contribution in [0.5, 0.6) is 0 Å². The number of carbonyl (C=O) groups is 1. The fourth-order valence-electron chi connectivity index (χ4n) is 1.35. The van der Waals surface area contributed by atoms with E-state index in [1.807, 2.05) is 0 Å². The van der Waals surface area contributed by atoms with Crippen molar-refractivity contribution >= 4 is 12.0 Å². The second kappa shape index (κ2) is 5.85. The summed E-state index contributed by atoms with van der Waals surface area (Å²) in [5.41, 5.74) is 1.67. The van der Waals surface area contributed by atoms with Crippen LogP contribution in [0.4, 0.5) is 5.69 Å². The summed E-state index contributed by atoms with van der Waals surface area (Å²) in [5.74, 6) is 0. The minimum absolute atomic E-state index is 0.520. The number of aldehydes is 1. The van der Waals surface area contributed by atoms with Crippen molar-refractivity contribution in [1.29, 1.82) is 0 Å². The maximum atomic E-state index is 10.4. The Bertz CT molecular complexity index is 341. The Hall–Kier alpha value is -1.78. The number of anilines is 1. The smallest absolute Gasteiger partial charge is 0.120 e. The fraction of sp³-hybridized carbons (Fsp3) is 0.400. The number of pyridine rings is 1. The Balaban J connectivity index is 2.76. The van der Waals surface area contributed by atoms with E-state index >= 15 is 0 Å². The van der Waals surface area contributed by atoms with Gasteiger partial charge in [-0.25, -0.2) is 5.01 Å². The maximum Gasteiger partial charge on any atom is 0.120 e. The van der Waals surface area contributed by atoms with Gasteiger partial charge in [-0.1, -0.05) is 0 Å². The largest absolute Gasteiger partial charge is 0.303 e. The van der Waals surface area contributed by atoms with Crippen LogP contribution in [0.15, 0.2) is 23.7 Å². The molecular formula is C10H13N3O2. The van der Waals surface area contributed by atoms with E-state index in [2.05, 4.69) is 10.3 Å². The number of nitrogens with zero attached hydrogens (tertiary/aromatic N) is 3. The van der Waals surface area contributed by atoms with Gasteiger partial charge in [-0.2, -0.15) is 0 Å². The van der Waals surface area contributed by atoms with Crippen molar-refractivity contribution in [3.8, 4) is 0 Å². The standard InChI is InChI=1S/C10H13N3O2/c1-13(12-15)10-5-6-11-8-9(10)4-2-3-7-14/h5-8H,2-4H2,1H3. The lowest BCUT2D eigenvalue weighted by Crippen LogP contribution is -2.09. The van der Waals surface area contributed by atoms with Crippen LogP contribution in [0.2, 0.25) is 0 Å². The Kier molecular flexibility index (Phi) is 4.40. The third-order valence-electron chi connectivity index (χ3n) is 2.12. The van der Waals surface area contributed by atoms with E-state index < -0.39 is 0 Å². The second-order valence-electron chi connectivity index (χ2n) is 3.17. The van der Waals surface area contributed by atoms with Crippen LogP contribution in [0.3, 0.4) is 0 Å². The average Bonchev–Trinajstić information content (AvgIpc) is 2.29. The molecule has 0 N–H and O–H groups in total. The minimum atomic E-state index is 0.520. The molecule has 1 rings (SSSR count). The van der Waals surface area contributed by atoms with Crippen LogP contribution in [0.25, 0.3) is 0 Å². The first-order chi connectivity index (χ1) is 7.29. The van der Waals surface area contributed by atoms with Crippen LogP contribution in [-0.4, -0.2) is 18.3 Å².